The van der Waals surface area contributed by atoms with Crippen LogP contribution in [-0.2, 0) is 16.2 Å². The Morgan fingerprint density at radius 2 is 1.74 bits per heavy atom. The fraction of sp³-hybridized carbons (Fsp3) is 0.276. The van der Waals surface area contributed by atoms with Crippen LogP contribution in [0.15, 0.2) is 71.9 Å². The van der Waals surface area contributed by atoms with Crippen LogP contribution in [0, 0.1) is 33.8 Å². The van der Waals surface area contributed by atoms with Gasteiger partial charge in [0.05, 0.1) is 29.6 Å². The van der Waals surface area contributed by atoms with Crippen LogP contribution in [0.5, 0.6) is 11.5 Å². The molecule has 0 radical (unpaired) electrons. The van der Waals surface area contributed by atoms with E-state index in [1.165, 1.54) is 12.3 Å². The largest absolute Gasteiger partial charge is 0.490 e. The molecule has 6 rings (SSSR count). The summed E-state index contributed by atoms with van der Waals surface area (Å²) in [5.41, 5.74) is 0.901. The zero-order chi connectivity index (χ0) is 26.4. The van der Waals surface area contributed by atoms with Gasteiger partial charge in [0.2, 0.25) is 5.75 Å². The number of ether oxygens (including phenoxy) is 2. The molecule has 2 aliphatic carbocycles. The van der Waals surface area contributed by atoms with Crippen molar-refractivity contribution in [3.05, 3.63) is 88.0 Å². The third-order valence-corrected chi connectivity index (χ3v) is 7.58. The summed E-state index contributed by atoms with van der Waals surface area (Å²) in [5, 5.41) is 19.1. The van der Waals surface area contributed by atoms with Gasteiger partial charge in [-0.3, -0.25) is 19.7 Å². The fourth-order valence-electron chi connectivity index (χ4n) is 5.92. The Morgan fingerprint density at radius 1 is 1.03 bits per heavy atom. The summed E-state index contributed by atoms with van der Waals surface area (Å²) in [6.45, 7) is 2.12. The van der Waals surface area contributed by atoms with Gasteiger partial charge in [-0.15, -0.1) is 0 Å². The Kier molecular flexibility index (Phi) is 5.90. The molecular weight excluding hydrogens is 486 g/mol. The molecule has 9 heteroatoms. The highest BCUT2D eigenvalue weighted by Gasteiger charge is 2.59. The van der Waals surface area contributed by atoms with Gasteiger partial charge in [0.25, 0.3) is 11.8 Å². The highest BCUT2D eigenvalue weighted by atomic mass is 16.6. The molecule has 2 amide bonds. The minimum absolute atomic E-state index is 0.00689. The minimum Gasteiger partial charge on any atom is -0.490 e. The van der Waals surface area contributed by atoms with Crippen LogP contribution in [-0.4, -0.2) is 34.6 Å². The van der Waals surface area contributed by atoms with E-state index in [0.717, 1.165) is 27.8 Å². The van der Waals surface area contributed by atoms with Gasteiger partial charge in [-0.05, 0) is 47.6 Å². The molecule has 2 fully saturated rings. The van der Waals surface area contributed by atoms with Gasteiger partial charge in [0, 0.05) is 11.6 Å². The lowest BCUT2D eigenvalue weighted by Gasteiger charge is -2.14. The monoisotopic (exact) mass is 511 g/mol. The SMILES string of the molecule is CCOc1cc(C=NN2C(=O)[C@@H]3[C@H](C2=O)[C@H]2C=C[C@H]3C2)cc([N+](=O)[O-])c1OCc1cccc2ccccc12. The summed E-state index contributed by atoms with van der Waals surface area (Å²) in [7, 11) is 0. The van der Waals surface area contributed by atoms with Crippen molar-refractivity contribution in [2.24, 2.45) is 28.8 Å². The lowest BCUT2D eigenvalue weighted by Crippen LogP contribution is -2.28. The van der Waals surface area contributed by atoms with Crippen molar-refractivity contribution in [1.82, 2.24) is 5.01 Å². The topological polar surface area (TPSA) is 111 Å². The van der Waals surface area contributed by atoms with Gasteiger partial charge >= 0.3 is 5.69 Å². The Hall–Kier alpha value is -4.53. The van der Waals surface area contributed by atoms with Crippen molar-refractivity contribution < 1.29 is 24.0 Å². The summed E-state index contributed by atoms with van der Waals surface area (Å²) < 4.78 is 11.7. The number of amides is 2. The lowest BCUT2D eigenvalue weighted by atomic mass is 9.85. The minimum atomic E-state index is -0.543. The first kappa shape index (κ1) is 23.8. The van der Waals surface area contributed by atoms with Crippen LogP contribution in [0.1, 0.15) is 24.5 Å². The zero-order valence-corrected chi connectivity index (χ0v) is 20.7. The number of nitrogens with zero attached hydrogens (tertiary/aromatic N) is 3. The fourth-order valence-corrected chi connectivity index (χ4v) is 5.92. The average molecular weight is 512 g/mol. The smallest absolute Gasteiger partial charge is 0.315 e. The van der Waals surface area contributed by atoms with E-state index in [9.17, 15) is 19.7 Å². The standard InChI is InChI=1S/C29H25N3O6/c1-2-37-24-13-17(15-30-31-28(33)25-19-10-11-20(14-19)26(25)29(31)34)12-23(32(35)36)27(24)38-16-21-8-5-7-18-6-3-4-9-22(18)21/h3-13,15,19-20,25-26H,2,14,16H2,1H3/t19-,20-,25-,26+/m0/s1. The zero-order valence-electron chi connectivity index (χ0n) is 20.7. The second-order valence-electron chi connectivity index (χ2n) is 9.72. The first-order chi connectivity index (χ1) is 18.5. The Labute approximate surface area is 218 Å². The molecule has 2 bridgehead atoms. The summed E-state index contributed by atoms with van der Waals surface area (Å²) in [6.07, 6.45) is 6.14. The third kappa shape index (κ3) is 3.91. The van der Waals surface area contributed by atoms with E-state index in [4.69, 9.17) is 9.47 Å². The molecule has 1 saturated carbocycles. The number of carbonyl (C=O) groups excluding carboxylic acids is 2. The maximum atomic E-state index is 12.9. The molecule has 38 heavy (non-hydrogen) atoms. The normalized spacial score (nSPS) is 23.6. The number of fused-ring (bicyclic) bond motifs is 6. The second-order valence-corrected chi connectivity index (χ2v) is 9.72. The summed E-state index contributed by atoms with van der Waals surface area (Å²) >= 11 is 0. The number of nitro benzene ring substituents is 1. The molecule has 3 aliphatic rings. The van der Waals surface area contributed by atoms with Crippen LogP contribution in [0.4, 0.5) is 5.69 Å². The predicted molar refractivity (Wildman–Crippen MR) is 140 cm³/mol. The highest BCUT2D eigenvalue weighted by Crippen LogP contribution is 2.52. The molecule has 0 N–H and O–H groups in total. The molecule has 0 unspecified atom stereocenters. The number of hydrogen-bond acceptors (Lipinski definition) is 7. The Bertz CT molecular complexity index is 1490. The first-order valence-corrected chi connectivity index (χ1v) is 12.6. The van der Waals surface area contributed by atoms with Crippen LogP contribution in [0.2, 0.25) is 0 Å². The van der Waals surface area contributed by atoms with E-state index in [1.807, 2.05) is 54.6 Å². The molecule has 3 aromatic rings. The number of carbonyl (C=O) groups is 2. The second kappa shape index (κ2) is 9.41. The van der Waals surface area contributed by atoms with E-state index in [1.54, 1.807) is 13.0 Å². The van der Waals surface area contributed by atoms with E-state index in [0.29, 0.717) is 5.56 Å². The first-order valence-electron chi connectivity index (χ1n) is 12.6. The lowest BCUT2D eigenvalue weighted by molar-refractivity contribution is -0.386. The molecule has 9 nitrogen and oxygen atoms in total. The maximum absolute atomic E-state index is 12.9. The highest BCUT2D eigenvalue weighted by molar-refractivity contribution is 6.06. The molecule has 1 aliphatic heterocycles. The van der Waals surface area contributed by atoms with Crippen molar-refractivity contribution in [2.75, 3.05) is 6.61 Å². The van der Waals surface area contributed by atoms with Gasteiger partial charge < -0.3 is 9.47 Å². The van der Waals surface area contributed by atoms with Gasteiger partial charge in [-0.25, -0.2) is 0 Å². The molecule has 4 atom stereocenters. The van der Waals surface area contributed by atoms with E-state index in [-0.39, 0.29) is 65.9 Å². The van der Waals surface area contributed by atoms with E-state index < -0.39 is 4.92 Å². The summed E-state index contributed by atoms with van der Waals surface area (Å²) in [4.78, 5) is 37.3. The molecular formula is C29H25N3O6. The third-order valence-electron chi connectivity index (χ3n) is 7.58. The van der Waals surface area contributed by atoms with E-state index >= 15 is 0 Å². The van der Waals surface area contributed by atoms with Crippen molar-refractivity contribution in [3.8, 4) is 11.5 Å². The summed E-state index contributed by atoms with van der Waals surface area (Å²) in [6, 6.07) is 16.5. The van der Waals surface area contributed by atoms with Gasteiger partial charge in [-0.1, -0.05) is 54.6 Å². The van der Waals surface area contributed by atoms with Crippen molar-refractivity contribution in [2.45, 2.75) is 20.0 Å². The van der Waals surface area contributed by atoms with Crippen LogP contribution in [0.25, 0.3) is 10.8 Å². The van der Waals surface area contributed by atoms with Crippen LogP contribution >= 0.6 is 0 Å². The number of hydrogen-bond donors (Lipinski definition) is 0. The van der Waals surface area contributed by atoms with Crippen molar-refractivity contribution in [3.63, 3.8) is 0 Å². The quantitative estimate of drug-likeness (QED) is 0.140. The number of allylic oxidation sites excluding steroid dienone is 2. The average Bonchev–Trinajstić information content (AvgIpc) is 3.60. The Morgan fingerprint density at radius 3 is 2.45 bits per heavy atom. The number of benzene rings is 3. The van der Waals surface area contributed by atoms with Gasteiger partial charge in [0.1, 0.15) is 6.61 Å². The van der Waals surface area contributed by atoms with Gasteiger partial charge in [-0.2, -0.15) is 10.1 Å². The maximum Gasteiger partial charge on any atom is 0.315 e. The molecule has 1 heterocycles. The molecule has 3 aromatic carbocycles. The number of rotatable bonds is 8. The van der Waals surface area contributed by atoms with Gasteiger partial charge in [0.15, 0.2) is 5.75 Å². The molecule has 1 saturated heterocycles. The van der Waals surface area contributed by atoms with Crippen LogP contribution < -0.4 is 9.47 Å². The molecule has 0 aromatic heterocycles. The summed E-state index contributed by atoms with van der Waals surface area (Å²) in [5.74, 6) is -1.03. The predicted octanol–water partition coefficient (Wildman–Crippen LogP) is 4.87. The molecule has 0 spiro atoms. The van der Waals surface area contributed by atoms with Crippen molar-refractivity contribution >= 4 is 34.5 Å². The van der Waals surface area contributed by atoms with Crippen molar-refractivity contribution in [1.29, 1.82) is 0 Å². The molecule has 192 valence electrons. The van der Waals surface area contributed by atoms with Crippen LogP contribution in [0.3, 0.4) is 0 Å². The Balaban J connectivity index is 1.29. The number of imide groups is 1. The number of hydrazone groups is 1. The van der Waals surface area contributed by atoms with E-state index in [2.05, 4.69) is 5.10 Å². The number of nitro groups is 1.